The zero-order valence-electron chi connectivity index (χ0n) is 17.4. The summed E-state index contributed by atoms with van der Waals surface area (Å²) < 4.78 is 7.69. The standard InChI is InChI=1S/C22H24N4O3S/c1-14-5-10-19(15(2)11-14)29-12-20-24-25-22(26(20)4)30-13-21(28)23-18-8-6-17(7-9-18)16(3)27/h5-11H,12-13H2,1-4H3,(H,23,28). The first-order chi connectivity index (χ1) is 14.3. The molecule has 1 aromatic heterocycles. The normalized spacial score (nSPS) is 10.7. The number of ether oxygens (including phenoxy) is 1. The number of Topliss-reactive ketones (excluding diaryl/α,β-unsaturated/α-hetero) is 1. The van der Waals surface area contributed by atoms with Crippen LogP contribution < -0.4 is 10.1 Å². The Morgan fingerprint density at radius 3 is 2.50 bits per heavy atom. The Balaban J connectivity index is 1.53. The fourth-order valence-electron chi connectivity index (χ4n) is 2.82. The lowest BCUT2D eigenvalue weighted by molar-refractivity contribution is -0.113. The SMILES string of the molecule is CC(=O)c1ccc(NC(=O)CSc2nnc(COc3ccc(C)cc3C)n2C)cc1. The van der Waals surface area contributed by atoms with Crippen molar-refractivity contribution in [3.63, 3.8) is 0 Å². The zero-order chi connectivity index (χ0) is 21.7. The van der Waals surface area contributed by atoms with E-state index in [1.165, 1.54) is 24.2 Å². The van der Waals surface area contributed by atoms with Crippen LogP contribution in [0.2, 0.25) is 0 Å². The largest absolute Gasteiger partial charge is 0.485 e. The Kier molecular flexibility index (Phi) is 6.89. The number of hydrogen-bond donors (Lipinski definition) is 1. The number of anilines is 1. The number of hydrogen-bond acceptors (Lipinski definition) is 6. The van der Waals surface area contributed by atoms with Gasteiger partial charge in [0.05, 0.1) is 5.75 Å². The molecular weight excluding hydrogens is 400 g/mol. The Labute approximate surface area is 179 Å². The van der Waals surface area contributed by atoms with E-state index in [-0.39, 0.29) is 17.4 Å². The lowest BCUT2D eigenvalue weighted by Crippen LogP contribution is -2.14. The molecule has 3 aromatic rings. The summed E-state index contributed by atoms with van der Waals surface area (Å²) >= 11 is 1.30. The quantitative estimate of drug-likeness (QED) is 0.435. The molecule has 7 nitrogen and oxygen atoms in total. The molecule has 1 N–H and O–H groups in total. The molecule has 0 fully saturated rings. The second kappa shape index (κ2) is 9.58. The molecule has 0 spiro atoms. The lowest BCUT2D eigenvalue weighted by Gasteiger charge is -2.09. The molecule has 0 radical (unpaired) electrons. The highest BCUT2D eigenvalue weighted by molar-refractivity contribution is 7.99. The van der Waals surface area contributed by atoms with E-state index in [9.17, 15) is 9.59 Å². The minimum atomic E-state index is -0.161. The van der Waals surface area contributed by atoms with Crippen LogP contribution in [0.3, 0.4) is 0 Å². The van der Waals surface area contributed by atoms with Crippen LogP contribution in [0.4, 0.5) is 5.69 Å². The van der Waals surface area contributed by atoms with Gasteiger partial charge >= 0.3 is 0 Å². The van der Waals surface area contributed by atoms with E-state index in [2.05, 4.69) is 21.6 Å². The van der Waals surface area contributed by atoms with E-state index >= 15 is 0 Å². The van der Waals surface area contributed by atoms with Crippen LogP contribution in [0.25, 0.3) is 0 Å². The second-order valence-corrected chi connectivity index (χ2v) is 7.93. The molecule has 156 valence electrons. The maximum absolute atomic E-state index is 12.2. The number of carbonyl (C=O) groups is 2. The third kappa shape index (κ3) is 5.48. The van der Waals surface area contributed by atoms with Gasteiger partial charge in [-0.1, -0.05) is 29.5 Å². The molecule has 0 aliphatic heterocycles. The van der Waals surface area contributed by atoms with E-state index in [1.54, 1.807) is 24.3 Å². The minimum Gasteiger partial charge on any atom is -0.485 e. The van der Waals surface area contributed by atoms with Gasteiger partial charge in [-0.05, 0) is 56.7 Å². The smallest absolute Gasteiger partial charge is 0.234 e. The molecular formula is C22H24N4O3S. The van der Waals surface area contributed by atoms with Crippen LogP contribution in [-0.4, -0.2) is 32.2 Å². The number of benzene rings is 2. The molecule has 0 unspecified atom stereocenters. The zero-order valence-corrected chi connectivity index (χ0v) is 18.2. The van der Waals surface area contributed by atoms with Crippen molar-refractivity contribution in [2.24, 2.45) is 7.05 Å². The van der Waals surface area contributed by atoms with Crippen molar-refractivity contribution in [2.75, 3.05) is 11.1 Å². The van der Waals surface area contributed by atoms with Gasteiger partial charge in [-0.3, -0.25) is 9.59 Å². The van der Waals surface area contributed by atoms with Crippen molar-refractivity contribution in [2.45, 2.75) is 32.5 Å². The van der Waals surface area contributed by atoms with Crippen LogP contribution in [0, 0.1) is 13.8 Å². The number of thioether (sulfide) groups is 1. The van der Waals surface area contributed by atoms with Crippen molar-refractivity contribution in [3.8, 4) is 5.75 Å². The number of nitrogens with zero attached hydrogens (tertiary/aromatic N) is 3. The minimum absolute atomic E-state index is 0.0111. The van der Waals surface area contributed by atoms with Crippen molar-refractivity contribution in [1.82, 2.24) is 14.8 Å². The summed E-state index contributed by atoms with van der Waals surface area (Å²) in [5, 5.41) is 11.8. The molecule has 8 heteroatoms. The molecule has 2 aromatic carbocycles. The Morgan fingerprint density at radius 2 is 1.83 bits per heavy atom. The summed E-state index contributed by atoms with van der Waals surface area (Å²) in [6.45, 7) is 5.85. The first kappa shape index (κ1) is 21.6. The van der Waals surface area contributed by atoms with E-state index in [0.29, 0.717) is 28.8 Å². The molecule has 0 saturated heterocycles. The first-order valence-electron chi connectivity index (χ1n) is 9.45. The maximum atomic E-state index is 12.2. The van der Waals surface area contributed by atoms with Crippen molar-refractivity contribution in [3.05, 3.63) is 65.0 Å². The average molecular weight is 425 g/mol. The van der Waals surface area contributed by atoms with Gasteiger partial charge in [0.1, 0.15) is 12.4 Å². The summed E-state index contributed by atoms with van der Waals surface area (Å²) in [6.07, 6.45) is 0. The van der Waals surface area contributed by atoms with Gasteiger partial charge in [0.2, 0.25) is 5.91 Å². The highest BCUT2D eigenvalue weighted by atomic mass is 32.2. The number of aromatic nitrogens is 3. The Bertz CT molecular complexity index is 1060. The molecule has 0 aliphatic carbocycles. The predicted octanol–water partition coefficient (Wildman–Crippen LogP) is 3.94. The number of amides is 1. The van der Waals surface area contributed by atoms with Gasteiger partial charge in [0, 0.05) is 18.3 Å². The molecule has 30 heavy (non-hydrogen) atoms. The highest BCUT2D eigenvalue weighted by Gasteiger charge is 2.13. The van der Waals surface area contributed by atoms with Crippen LogP contribution >= 0.6 is 11.8 Å². The number of carbonyl (C=O) groups excluding carboxylic acids is 2. The fourth-order valence-corrected chi connectivity index (χ4v) is 3.55. The van der Waals surface area contributed by atoms with E-state index in [0.717, 1.165) is 11.3 Å². The summed E-state index contributed by atoms with van der Waals surface area (Å²) in [7, 11) is 1.85. The summed E-state index contributed by atoms with van der Waals surface area (Å²) in [5.41, 5.74) is 3.51. The van der Waals surface area contributed by atoms with Gasteiger partial charge in [-0.15, -0.1) is 10.2 Å². The molecule has 1 heterocycles. The predicted molar refractivity (Wildman–Crippen MR) is 117 cm³/mol. The van der Waals surface area contributed by atoms with Gasteiger partial charge in [0.15, 0.2) is 16.8 Å². The van der Waals surface area contributed by atoms with Crippen molar-refractivity contribution < 1.29 is 14.3 Å². The van der Waals surface area contributed by atoms with Crippen LogP contribution in [0.15, 0.2) is 47.6 Å². The molecule has 0 bridgehead atoms. The lowest BCUT2D eigenvalue weighted by atomic mass is 10.1. The van der Waals surface area contributed by atoms with E-state index < -0.39 is 0 Å². The average Bonchev–Trinajstić information content (AvgIpc) is 3.06. The molecule has 3 rings (SSSR count). The number of rotatable bonds is 8. The maximum Gasteiger partial charge on any atom is 0.234 e. The molecule has 0 atom stereocenters. The van der Waals surface area contributed by atoms with Crippen LogP contribution in [0.1, 0.15) is 34.2 Å². The van der Waals surface area contributed by atoms with Crippen molar-refractivity contribution in [1.29, 1.82) is 0 Å². The van der Waals surface area contributed by atoms with Gasteiger partial charge in [-0.2, -0.15) is 0 Å². The van der Waals surface area contributed by atoms with Gasteiger partial charge < -0.3 is 14.6 Å². The molecule has 0 aliphatic rings. The van der Waals surface area contributed by atoms with Gasteiger partial charge in [0.25, 0.3) is 0 Å². The Hall–Kier alpha value is -3.13. The summed E-state index contributed by atoms with van der Waals surface area (Å²) in [5.74, 6) is 1.51. The number of ketones is 1. The van der Waals surface area contributed by atoms with E-state index in [1.807, 2.05) is 37.6 Å². The highest BCUT2D eigenvalue weighted by Crippen LogP contribution is 2.21. The van der Waals surface area contributed by atoms with E-state index in [4.69, 9.17) is 4.74 Å². The third-order valence-corrected chi connectivity index (χ3v) is 5.54. The summed E-state index contributed by atoms with van der Waals surface area (Å²) in [6, 6.07) is 12.8. The first-order valence-corrected chi connectivity index (χ1v) is 10.4. The topological polar surface area (TPSA) is 86.1 Å². The summed E-state index contributed by atoms with van der Waals surface area (Å²) in [4.78, 5) is 23.5. The second-order valence-electron chi connectivity index (χ2n) is 6.99. The monoisotopic (exact) mass is 424 g/mol. The fraction of sp³-hybridized carbons (Fsp3) is 0.273. The van der Waals surface area contributed by atoms with Crippen LogP contribution in [0.5, 0.6) is 5.75 Å². The molecule has 0 saturated carbocycles. The van der Waals surface area contributed by atoms with Crippen LogP contribution in [-0.2, 0) is 18.4 Å². The third-order valence-electron chi connectivity index (χ3n) is 4.52. The Morgan fingerprint density at radius 1 is 1.10 bits per heavy atom. The molecule has 1 amide bonds. The number of aryl methyl sites for hydroxylation is 2. The van der Waals surface area contributed by atoms with Crippen molar-refractivity contribution >= 4 is 29.1 Å². The number of nitrogens with one attached hydrogen (secondary N) is 1. The van der Waals surface area contributed by atoms with Gasteiger partial charge in [-0.25, -0.2) is 0 Å².